The van der Waals surface area contributed by atoms with Gasteiger partial charge in [-0.15, -0.1) is 0 Å². The van der Waals surface area contributed by atoms with Crippen LogP contribution in [0.4, 0.5) is 4.39 Å². The van der Waals surface area contributed by atoms with Crippen LogP contribution in [0, 0.1) is 12.7 Å². The van der Waals surface area contributed by atoms with Crippen molar-refractivity contribution in [3.05, 3.63) is 66.8 Å². The number of hydrogen-bond donors (Lipinski definition) is 0. The second-order valence-electron chi connectivity index (χ2n) is 6.41. The predicted octanol–water partition coefficient (Wildman–Crippen LogP) is 3.26. The molecule has 146 valence electrons. The Kier molecular flexibility index (Phi) is 6.36. The molecule has 5 nitrogen and oxygen atoms in total. The summed E-state index contributed by atoms with van der Waals surface area (Å²) in [5.74, 6) is 0.157. The summed E-state index contributed by atoms with van der Waals surface area (Å²) in [7, 11) is -3.67. The van der Waals surface area contributed by atoms with Crippen molar-refractivity contribution < 1.29 is 22.3 Å². The molecule has 2 aromatic rings. The molecule has 27 heavy (non-hydrogen) atoms. The highest BCUT2D eigenvalue weighted by molar-refractivity contribution is 7.89. The highest BCUT2D eigenvalue weighted by Crippen LogP contribution is 2.24. The molecule has 0 amide bonds. The van der Waals surface area contributed by atoms with E-state index in [0.717, 1.165) is 5.56 Å². The third-order valence-electron chi connectivity index (χ3n) is 4.52. The van der Waals surface area contributed by atoms with Gasteiger partial charge in [-0.2, -0.15) is 28.9 Å². The molecule has 1 aliphatic rings. The Hall–Kier alpha value is -2.09. The third kappa shape index (κ3) is 5.00. The van der Waals surface area contributed by atoms with Crippen LogP contribution in [0.5, 0.6) is 5.75 Å². The highest BCUT2D eigenvalue weighted by Gasteiger charge is 2.32. The SMILES string of the molecule is [CH2-]c1ccc(S(=O)(=O)N(CCOc2ccc(F)cc2)C2CCOCC2)cc1. The average molecular weight is 392 g/mol. The molecule has 1 heterocycles. The lowest BCUT2D eigenvalue weighted by molar-refractivity contribution is 0.0557. The van der Waals surface area contributed by atoms with E-state index in [0.29, 0.717) is 31.8 Å². The minimum atomic E-state index is -3.67. The summed E-state index contributed by atoms with van der Waals surface area (Å²) in [5, 5.41) is 0. The lowest BCUT2D eigenvalue weighted by Crippen LogP contribution is -2.45. The van der Waals surface area contributed by atoms with Crippen molar-refractivity contribution in [2.75, 3.05) is 26.4 Å². The van der Waals surface area contributed by atoms with Crippen LogP contribution in [0.1, 0.15) is 18.4 Å². The summed E-state index contributed by atoms with van der Waals surface area (Å²) in [4.78, 5) is 0.239. The van der Waals surface area contributed by atoms with Gasteiger partial charge in [0, 0.05) is 25.8 Å². The molecule has 0 aromatic heterocycles. The van der Waals surface area contributed by atoms with Crippen molar-refractivity contribution in [3.8, 4) is 5.75 Å². The third-order valence-corrected chi connectivity index (χ3v) is 6.49. The van der Waals surface area contributed by atoms with Crippen LogP contribution in [0.25, 0.3) is 0 Å². The van der Waals surface area contributed by atoms with Crippen molar-refractivity contribution in [3.63, 3.8) is 0 Å². The average Bonchev–Trinajstić information content (AvgIpc) is 2.67. The van der Waals surface area contributed by atoms with E-state index in [1.54, 1.807) is 24.3 Å². The monoisotopic (exact) mass is 392 g/mol. The van der Waals surface area contributed by atoms with Gasteiger partial charge in [-0.1, -0.05) is 12.1 Å². The van der Waals surface area contributed by atoms with Crippen LogP contribution >= 0.6 is 0 Å². The van der Waals surface area contributed by atoms with Gasteiger partial charge in [0.25, 0.3) is 0 Å². The molecule has 0 atom stereocenters. The van der Waals surface area contributed by atoms with Gasteiger partial charge in [-0.05, 0) is 37.1 Å². The normalized spacial score (nSPS) is 15.8. The zero-order valence-electron chi connectivity index (χ0n) is 15.0. The second kappa shape index (κ2) is 8.73. The number of rotatable bonds is 7. The van der Waals surface area contributed by atoms with Crippen molar-refractivity contribution >= 4 is 10.0 Å². The van der Waals surface area contributed by atoms with E-state index in [-0.39, 0.29) is 29.9 Å². The van der Waals surface area contributed by atoms with E-state index in [2.05, 4.69) is 6.92 Å². The maximum atomic E-state index is 13.2. The number of halogens is 1. The molecule has 1 aliphatic heterocycles. The molecular weight excluding hydrogens is 369 g/mol. The molecule has 0 aliphatic carbocycles. The van der Waals surface area contributed by atoms with E-state index in [4.69, 9.17) is 9.47 Å². The summed E-state index contributed by atoms with van der Waals surface area (Å²) in [5.41, 5.74) is 0.756. The van der Waals surface area contributed by atoms with Gasteiger partial charge in [0.2, 0.25) is 10.0 Å². The molecule has 7 heteroatoms. The van der Waals surface area contributed by atoms with Crippen LogP contribution in [-0.4, -0.2) is 45.1 Å². The predicted molar refractivity (Wildman–Crippen MR) is 101 cm³/mol. The van der Waals surface area contributed by atoms with Crippen molar-refractivity contribution in [1.82, 2.24) is 4.31 Å². The van der Waals surface area contributed by atoms with Crippen molar-refractivity contribution in [1.29, 1.82) is 0 Å². The van der Waals surface area contributed by atoms with Gasteiger partial charge in [-0.25, -0.2) is 12.8 Å². The topological polar surface area (TPSA) is 55.8 Å². The lowest BCUT2D eigenvalue weighted by Gasteiger charge is -2.33. The van der Waals surface area contributed by atoms with Crippen LogP contribution in [-0.2, 0) is 14.8 Å². The van der Waals surface area contributed by atoms with Gasteiger partial charge < -0.3 is 9.47 Å². The first-order chi connectivity index (χ1) is 13.0. The molecule has 0 bridgehead atoms. The first kappa shape index (κ1) is 19.7. The molecule has 0 saturated carbocycles. The molecule has 1 saturated heterocycles. The molecule has 0 unspecified atom stereocenters. The van der Waals surface area contributed by atoms with E-state index < -0.39 is 10.0 Å². The van der Waals surface area contributed by atoms with Crippen molar-refractivity contribution in [2.24, 2.45) is 0 Å². The minimum absolute atomic E-state index is 0.139. The summed E-state index contributed by atoms with van der Waals surface area (Å²) >= 11 is 0. The van der Waals surface area contributed by atoms with Gasteiger partial charge in [0.15, 0.2) is 0 Å². The zero-order valence-corrected chi connectivity index (χ0v) is 15.8. The fraction of sp³-hybridized carbons (Fsp3) is 0.350. The summed E-state index contributed by atoms with van der Waals surface area (Å²) in [6.07, 6.45) is 1.28. The van der Waals surface area contributed by atoms with Gasteiger partial charge >= 0.3 is 0 Å². The Morgan fingerprint density at radius 3 is 2.33 bits per heavy atom. The molecule has 2 aromatic carbocycles. The Morgan fingerprint density at radius 2 is 1.70 bits per heavy atom. The first-order valence-electron chi connectivity index (χ1n) is 8.87. The Balaban J connectivity index is 1.75. The molecule has 0 spiro atoms. The van der Waals surface area contributed by atoms with Gasteiger partial charge in [0.05, 0.1) is 4.90 Å². The van der Waals surface area contributed by atoms with E-state index in [9.17, 15) is 12.8 Å². The first-order valence-corrected chi connectivity index (χ1v) is 10.3. The van der Waals surface area contributed by atoms with Crippen LogP contribution in [0.3, 0.4) is 0 Å². The Bertz CT molecular complexity index is 831. The molecular formula is C20H23FNO4S-. The van der Waals surface area contributed by atoms with E-state index in [1.807, 2.05) is 0 Å². The molecule has 1 fully saturated rings. The molecule has 0 radical (unpaired) electrons. The van der Waals surface area contributed by atoms with Crippen LogP contribution in [0.15, 0.2) is 53.4 Å². The van der Waals surface area contributed by atoms with Gasteiger partial charge in [0.1, 0.15) is 18.2 Å². The molecule has 0 N–H and O–H groups in total. The van der Waals surface area contributed by atoms with Crippen LogP contribution in [0.2, 0.25) is 0 Å². The number of ether oxygens (including phenoxy) is 2. The quantitative estimate of drug-likeness (QED) is 0.679. The second-order valence-corrected chi connectivity index (χ2v) is 8.30. The largest absolute Gasteiger partial charge is 0.492 e. The highest BCUT2D eigenvalue weighted by atomic mass is 32.2. The standard InChI is InChI=1S/C20H23FNO4S/c1-16-2-8-20(9-3-16)27(23,24)22(18-10-13-25-14-11-18)12-15-26-19-6-4-17(21)5-7-19/h2-9,18H,1,10-15H2/q-1. The van der Waals surface area contributed by atoms with E-state index in [1.165, 1.54) is 28.6 Å². The zero-order chi connectivity index (χ0) is 19.3. The molecule has 3 rings (SSSR count). The smallest absolute Gasteiger partial charge is 0.241 e. The number of nitrogens with zero attached hydrogens (tertiary/aromatic N) is 1. The summed E-state index contributed by atoms with van der Waals surface area (Å²) in [6, 6.07) is 12.0. The fourth-order valence-corrected chi connectivity index (χ4v) is 4.72. The summed E-state index contributed by atoms with van der Waals surface area (Å²) < 4.78 is 51.9. The van der Waals surface area contributed by atoms with Crippen LogP contribution < -0.4 is 4.74 Å². The van der Waals surface area contributed by atoms with E-state index >= 15 is 0 Å². The maximum Gasteiger partial charge on any atom is 0.241 e. The Labute approximate surface area is 159 Å². The lowest BCUT2D eigenvalue weighted by atomic mass is 10.1. The minimum Gasteiger partial charge on any atom is -0.492 e. The van der Waals surface area contributed by atoms with Crippen molar-refractivity contribution in [2.45, 2.75) is 23.8 Å². The van der Waals surface area contributed by atoms with Gasteiger partial charge in [-0.3, -0.25) is 0 Å². The number of hydrogen-bond acceptors (Lipinski definition) is 4. The maximum absolute atomic E-state index is 13.2. The number of benzene rings is 2. The fourth-order valence-electron chi connectivity index (χ4n) is 3.05. The number of sulfonamides is 1. The summed E-state index contributed by atoms with van der Waals surface area (Å²) in [6.45, 7) is 5.25. The Morgan fingerprint density at radius 1 is 1.07 bits per heavy atom.